The molecule has 2 N–H and O–H groups in total. The predicted molar refractivity (Wildman–Crippen MR) is 95.8 cm³/mol. The molecule has 1 amide bonds. The number of H-pyrrole nitrogens is 1. The largest absolute Gasteiger partial charge is 0.349 e. The molecule has 1 unspecified atom stereocenters. The van der Waals surface area contributed by atoms with Gasteiger partial charge in [0.1, 0.15) is 5.82 Å². The van der Waals surface area contributed by atoms with E-state index in [0.717, 1.165) is 16.7 Å². The average Bonchev–Trinajstić information content (AvgIpc) is 3.06. The number of hydrogen-bond donors (Lipinski definition) is 2. The van der Waals surface area contributed by atoms with Crippen molar-refractivity contribution < 1.29 is 4.79 Å². The van der Waals surface area contributed by atoms with Crippen LogP contribution in [0.15, 0.2) is 42.7 Å². The highest BCUT2D eigenvalue weighted by molar-refractivity contribution is 5.78. The summed E-state index contributed by atoms with van der Waals surface area (Å²) in [5, 5.41) is 10.0. The number of benzene rings is 1. The van der Waals surface area contributed by atoms with E-state index in [2.05, 4.69) is 50.6 Å². The van der Waals surface area contributed by atoms with E-state index >= 15 is 0 Å². The molecule has 3 aromatic rings. The monoisotopic (exact) mass is 335 g/mol. The van der Waals surface area contributed by atoms with Crippen LogP contribution in [-0.4, -0.2) is 26.1 Å². The highest BCUT2D eigenvalue weighted by atomic mass is 16.1. The topological polar surface area (TPSA) is 83.6 Å². The molecule has 6 nitrogen and oxygen atoms in total. The van der Waals surface area contributed by atoms with Gasteiger partial charge in [-0.3, -0.25) is 14.9 Å². The first-order valence-electron chi connectivity index (χ1n) is 8.21. The fraction of sp³-hybridized carbons (Fsp3) is 0.263. The number of rotatable bonds is 5. The van der Waals surface area contributed by atoms with Gasteiger partial charge in [-0.25, -0.2) is 4.98 Å². The van der Waals surface area contributed by atoms with Gasteiger partial charge in [-0.15, -0.1) is 0 Å². The number of aryl methyl sites for hydroxylation is 2. The fourth-order valence-electron chi connectivity index (χ4n) is 2.75. The summed E-state index contributed by atoms with van der Waals surface area (Å²) in [6, 6.07) is 9.85. The lowest BCUT2D eigenvalue weighted by Crippen LogP contribution is -2.29. The van der Waals surface area contributed by atoms with Crippen molar-refractivity contribution in [3.05, 3.63) is 65.2 Å². The maximum absolute atomic E-state index is 12.3. The van der Waals surface area contributed by atoms with Crippen molar-refractivity contribution >= 4 is 5.91 Å². The Labute approximate surface area is 146 Å². The van der Waals surface area contributed by atoms with Crippen LogP contribution in [0.25, 0.3) is 11.4 Å². The SMILES string of the molecule is Cc1ccc(C)c(C(C)NC(=O)Cc2nc(-c3ccncc3)n[nH]2)c1. The van der Waals surface area contributed by atoms with E-state index in [4.69, 9.17) is 0 Å². The molecule has 0 aliphatic heterocycles. The van der Waals surface area contributed by atoms with Crippen molar-refractivity contribution in [3.63, 3.8) is 0 Å². The summed E-state index contributed by atoms with van der Waals surface area (Å²) in [7, 11) is 0. The molecule has 2 aromatic heterocycles. The molecule has 25 heavy (non-hydrogen) atoms. The summed E-state index contributed by atoms with van der Waals surface area (Å²) in [4.78, 5) is 20.7. The second-order valence-corrected chi connectivity index (χ2v) is 6.17. The molecule has 0 saturated heterocycles. The lowest BCUT2D eigenvalue weighted by atomic mass is 10.00. The molecular formula is C19H21N5O. The predicted octanol–water partition coefficient (Wildman–Crippen LogP) is 2.90. The smallest absolute Gasteiger partial charge is 0.228 e. The van der Waals surface area contributed by atoms with E-state index in [1.54, 1.807) is 12.4 Å². The summed E-state index contributed by atoms with van der Waals surface area (Å²) < 4.78 is 0. The minimum atomic E-state index is -0.0918. The summed E-state index contributed by atoms with van der Waals surface area (Å²) in [5.74, 6) is 1.01. The van der Waals surface area contributed by atoms with E-state index < -0.39 is 0 Å². The van der Waals surface area contributed by atoms with E-state index in [1.165, 1.54) is 5.56 Å². The van der Waals surface area contributed by atoms with Gasteiger partial charge in [0.2, 0.25) is 5.91 Å². The molecule has 2 heterocycles. The van der Waals surface area contributed by atoms with Crippen LogP contribution in [0.1, 0.15) is 35.5 Å². The number of hydrogen-bond acceptors (Lipinski definition) is 4. The van der Waals surface area contributed by atoms with Gasteiger partial charge >= 0.3 is 0 Å². The first-order valence-corrected chi connectivity index (χ1v) is 8.21. The summed E-state index contributed by atoms with van der Waals surface area (Å²) >= 11 is 0. The van der Waals surface area contributed by atoms with Crippen LogP contribution in [0.4, 0.5) is 0 Å². The zero-order valence-electron chi connectivity index (χ0n) is 14.6. The Kier molecular flexibility index (Phi) is 4.88. The van der Waals surface area contributed by atoms with Crippen LogP contribution in [0.2, 0.25) is 0 Å². The minimum Gasteiger partial charge on any atom is -0.349 e. The minimum absolute atomic E-state index is 0.0602. The van der Waals surface area contributed by atoms with Gasteiger partial charge in [0.25, 0.3) is 0 Å². The summed E-state index contributed by atoms with van der Waals surface area (Å²) in [6.07, 6.45) is 3.53. The number of aromatic nitrogens is 4. The molecule has 0 fully saturated rings. The molecule has 3 rings (SSSR count). The van der Waals surface area contributed by atoms with Gasteiger partial charge in [-0.1, -0.05) is 23.8 Å². The van der Waals surface area contributed by atoms with Crippen molar-refractivity contribution in [2.75, 3.05) is 0 Å². The molecule has 0 aliphatic carbocycles. The maximum Gasteiger partial charge on any atom is 0.228 e. The van der Waals surface area contributed by atoms with E-state index in [1.807, 2.05) is 26.0 Å². The Morgan fingerprint density at radius 2 is 1.96 bits per heavy atom. The van der Waals surface area contributed by atoms with E-state index in [0.29, 0.717) is 11.6 Å². The second-order valence-electron chi connectivity index (χ2n) is 6.17. The second kappa shape index (κ2) is 7.25. The first-order chi connectivity index (χ1) is 12.0. The Morgan fingerprint density at radius 1 is 1.20 bits per heavy atom. The van der Waals surface area contributed by atoms with Crippen LogP contribution < -0.4 is 5.32 Å². The molecule has 128 valence electrons. The number of amides is 1. The van der Waals surface area contributed by atoms with Crippen LogP contribution in [0.5, 0.6) is 0 Å². The van der Waals surface area contributed by atoms with Gasteiger partial charge in [-0.05, 0) is 44.0 Å². The Morgan fingerprint density at radius 3 is 2.72 bits per heavy atom. The first kappa shape index (κ1) is 16.8. The lowest BCUT2D eigenvalue weighted by molar-refractivity contribution is -0.121. The third-order valence-corrected chi connectivity index (χ3v) is 4.08. The van der Waals surface area contributed by atoms with Crippen molar-refractivity contribution in [2.24, 2.45) is 0 Å². The van der Waals surface area contributed by atoms with Gasteiger partial charge in [0.05, 0.1) is 12.5 Å². The normalized spacial score (nSPS) is 12.0. The Bertz CT molecular complexity index is 873. The molecule has 0 radical (unpaired) electrons. The average molecular weight is 335 g/mol. The quantitative estimate of drug-likeness (QED) is 0.751. The number of aromatic amines is 1. The molecule has 1 atom stereocenters. The van der Waals surface area contributed by atoms with Crippen molar-refractivity contribution in [1.29, 1.82) is 0 Å². The number of nitrogens with one attached hydrogen (secondary N) is 2. The molecule has 0 spiro atoms. The van der Waals surface area contributed by atoms with Gasteiger partial charge in [-0.2, -0.15) is 5.10 Å². The zero-order chi connectivity index (χ0) is 17.8. The van der Waals surface area contributed by atoms with Crippen molar-refractivity contribution in [3.8, 4) is 11.4 Å². The molecule has 0 aliphatic rings. The Balaban J connectivity index is 1.65. The number of carbonyl (C=O) groups excluding carboxylic acids is 1. The molecule has 6 heteroatoms. The third-order valence-electron chi connectivity index (χ3n) is 4.08. The summed E-state index contributed by atoms with van der Waals surface area (Å²) in [6.45, 7) is 6.09. The third kappa shape index (κ3) is 4.09. The highest BCUT2D eigenvalue weighted by Gasteiger charge is 2.14. The maximum atomic E-state index is 12.3. The van der Waals surface area contributed by atoms with Crippen LogP contribution in [-0.2, 0) is 11.2 Å². The number of pyridine rings is 1. The molecule has 0 saturated carbocycles. The van der Waals surface area contributed by atoms with Gasteiger partial charge in [0.15, 0.2) is 5.82 Å². The van der Waals surface area contributed by atoms with E-state index in [9.17, 15) is 4.79 Å². The van der Waals surface area contributed by atoms with Crippen LogP contribution >= 0.6 is 0 Å². The zero-order valence-corrected chi connectivity index (χ0v) is 14.6. The molecule has 1 aromatic carbocycles. The summed E-state index contributed by atoms with van der Waals surface area (Å²) in [5.41, 5.74) is 4.34. The van der Waals surface area contributed by atoms with Gasteiger partial charge < -0.3 is 5.32 Å². The van der Waals surface area contributed by atoms with Crippen LogP contribution in [0.3, 0.4) is 0 Å². The van der Waals surface area contributed by atoms with Crippen molar-refractivity contribution in [2.45, 2.75) is 33.2 Å². The fourth-order valence-corrected chi connectivity index (χ4v) is 2.75. The molecular weight excluding hydrogens is 314 g/mol. The highest BCUT2D eigenvalue weighted by Crippen LogP contribution is 2.19. The standard InChI is InChI=1S/C19H21N5O/c1-12-4-5-13(2)16(10-12)14(3)21-18(25)11-17-22-19(24-23-17)15-6-8-20-9-7-15/h4-10,14H,11H2,1-3H3,(H,21,25)(H,22,23,24). The van der Waals surface area contributed by atoms with E-state index in [-0.39, 0.29) is 18.4 Å². The Hall–Kier alpha value is -3.02. The van der Waals surface area contributed by atoms with Crippen molar-refractivity contribution in [1.82, 2.24) is 25.5 Å². The molecule has 0 bridgehead atoms. The number of nitrogens with zero attached hydrogens (tertiary/aromatic N) is 3. The number of carbonyl (C=O) groups is 1. The lowest BCUT2D eigenvalue weighted by Gasteiger charge is -2.17. The van der Waals surface area contributed by atoms with Crippen LogP contribution in [0, 0.1) is 13.8 Å². The van der Waals surface area contributed by atoms with Gasteiger partial charge in [0, 0.05) is 18.0 Å².